The molecule has 6 nitrogen and oxygen atoms in total. The number of ether oxygens (including phenoxy) is 2. The Morgan fingerprint density at radius 3 is 2.87 bits per heavy atom. The van der Waals surface area contributed by atoms with Crippen molar-refractivity contribution >= 4 is 5.91 Å². The molecule has 0 aliphatic carbocycles. The molecule has 3 rings (SSSR count). The minimum absolute atomic E-state index is 0.0115. The van der Waals surface area contributed by atoms with Crippen LogP contribution in [0.2, 0.25) is 0 Å². The Balaban J connectivity index is 1.63. The number of piperidine rings is 1. The second kappa shape index (κ2) is 6.84. The van der Waals surface area contributed by atoms with Crippen LogP contribution in [-0.4, -0.2) is 56.3 Å². The molecule has 1 N–H and O–H groups in total. The average Bonchev–Trinajstić information content (AvgIpc) is 2.88. The molecule has 0 bridgehead atoms. The predicted molar refractivity (Wildman–Crippen MR) is 86.1 cm³/mol. The van der Waals surface area contributed by atoms with Gasteiger partial charge in [-0.05, 0) is 32.0 Å². The second-order valence-corrected chi connectivity index (χ2v) is 6.54. The zero-order chi connectivity index (χ0) is 16.3. The lowest BCUT2D eigenvalue weighted by Crippen LogP contribution is -2.45. The number of hydrogen-bond acceptors (Lipinski definition) is 5. The first-order chi connectivity index (χ1) is 11.2. The molecule has 3 heterocycles. The van der Waals surface area contributed by atoms with Crippen LogP contribution >= 0.6 is 0 Å². The van der Waals surface area contributed by atoms with Gasteiger partial charge in [-0.25, -0.2) is 4.98 Å². The number of rotatable bonds is 5. The first-order valence-corrected chi connectivity index (χ1v) is 8.15. The SMILES string of the molecule is COC[C@@H]1C(=O)NCC12CCN(Cc1cccnc1OC)CC2. The van der Waals surface area contributed by atoms with Crippen LogP contribution in [0.1, 0.15) is 18.4 Å². The number of carbonyl (C=O) groups is 1. The molecule has 1 aromatic rings. The maximum Gasteiger partial charge on any atom is 0.226 e. The van der Waals surface area contributed by atoms with Gasteiger partial charge in [-0.2, -0.15) is 0 Å². The lowest BCUT2D eigenvalue weighted by atomic mass is 9.71. The third-order valence-electron chi connectivity index (χ3n) is 5.29. The van der Waals surface area contributed by atoms with Gasteiger partial charge in [-0.1, -0.05) is 6.07 Å². The first kappa shape index (κ1) is 16.2. The van der Waals surface area contributed by atoms with Gasteiger partial charge in [0, 0.05) is 37.4 Å². The van der Waals surface area contributed by atoms with Gasteiger partial charge in [0.2, 0.25) is 11.8 Å². The van der Waals surface area contributed by atoms with Gasteiger partial charge in [0.25, 0.3) is 0 Å². The third kappa shape index (κ3) is 3.19. The summed E-state index contributed by atoms with van der Waals surface area (Å²) in [4.78, 5) is 18.7. The van der Waals surface area contributed by atoms with Gasteiger partial charge in [0.1, 0.15) is 0 Å². The van der Waals surface area contributed by atoms with E-state index in [4.69, 9.17) is 9.47 Å². The quantitative estimate of drug-likeness (QED) is 0.879. The monoisotopic (exact) mass is 319 g/mol. The Kier molecular flexibility index (Phi) is 4.82. The van der Waals surface area contributed by atoms with Crippen LogP contribution in [0.5, 0.6) is 5.88 Å². The number of nitrogens with zero attached hydrogens (tertiary/aromatic N) is 2. The van der Waals surface area contributed by atoms with E-state index in [1.165, 1.54) is 0 Å². The summed E-state index contributed by atoms with van der Waals surface area (Å²) in [5.41, 5.74) is 1.17. The van der Waals surface area contributed by atoms with E-state index in [1.807, 2.05) is 6.07 Å². The highest BCUT2D eigenvalue weighted by atomic mass is 16.5. The molecule has 2 saturated heterocycles. The van der Waals surface area contributed by atoms with Crippen molar-refractivity contribution in [2.45, 2.75) is 19.4 Å². The summed E-state index contributed by atoms with van der Waals surface area (Å²) in [7, 11) is 3.32. The van der Waals surface area contributed by atoms with Crippen LogP contribution in [0.25, 0.3) is 0 Å². The van der Waals surface area contributed by atoms with Crippen molar-refractivity contribution in [3.8, 4) is 5.88 Å². The molecule has 2 aliphatic rings. The van der Waals surface area contributed by atoms with Gasteiger partial charge < -0.3 is 14.8 Å². The van der Waals surface area contributed by atoms with Crippen molar-refractivity contribution in [3.63, 3.8) is 0 Å². The van der Waals surface area contributed by atoms with Crippen LogP contribution in [0, 0.1) is 11.3 Å². The third-order valence-corrected chi connectivity index (χ3v) is 5.29. The molecule has 2 fully saturated rings. The molecule has 1 spiro atoms. The van der Waals surface area contributed by atoms with Crippen molar-refractivity contribution in [2.24, 2.45) is 11.3 Å². The van der Waals surface area contributed by atoms with Crippen LogP contribution in [0.3, 0.4) is 0 Å². The molecule has 0 unspecified atom stereocenters. The highest BCUT2D eigenvalue weighted by molar-refractivity contribution is 5.82. The molecule has 0 aromatic carbocycles. The summed E-state index contributed by atoms with van der Waals surface area (Å²) >= 11 is 0. The lowest BCUT2D eigenvalue weighted by Gasteiger charge is -2.41. The van der Waals surface area contributed by atoms with Crippen LogP contribution in [0.4, 0.5) is 0 Å². The molecule has 1 amide bonds. The summed E-state index contributed by atoms with van der Waals surface area (Å²) < 4.78 is 10.6. The van der Waals surface area contributed by atoms with E-state index in [0.29, 0.717) is 12.5 Å². The first-order valence-electron chi connectivity index (χ1n) is 8.15. The van der Waals surface area contributed by atoms with Gasteiger partial charge in [-0.3, -0.25) is 9.69 Å². The smallest absolute Gasteiger partial charge is 0.226 e. The number of carbonyl (C=O) groups excluding carboxylic acids is 1. The Labute approximate surface area is 137 Å². The van der Waals surface area contributed by atoms with Crippen LogP contribution in [0.15, 0.2) is 18.3 Å². The van der Waals surface area contributed by atoms with E-state index >= 15 is 0 Å². The van der Waals surface area contributed by atoms with Gasteiger partial charge in [0.05, 0.1) is 19.6 Å². The maximum absolute atomic E-state index is 12.1. The number of hydrogen-bond donors (Lipinski definition) is 1. The molecular weight excluding hydrogens is 294 g/mol. The van der Waals surface area contributed by atoms with Crippen molar-refractivity contribution in [1.82, 2.24) is 15.2 Å². The summed E-state index contributed by atoms with van der Waals surface area (Å²) in [6.45, 7) is 4.09. The minimum Gasteiger partial charge on any atom is -0.481 e. The van der Waals surface area contributed by atoms with E-state index in [2.05, 4.69) is 21.3 Å². The van der Waals surface area contributed by atoms with Crippen molar-refractivity contribution in [2.75, 3.05) is 40.5 Å². The second-order valence-electron chi connectivity index (χ2n) is 6.54. The highest BCUT2D eigenvalue weighted by Crippen LogP contribution is 2.42. The lowest BCUT2D eigenvalue weighted by molar-refractivity contribution is -0.126. The zero-order valence-electron chi connectivity index (χ0n) is 13.9. The molecule has 23 heavy (non-hydrogen) atoms. The average molecular weight is 319 g/mol. The fraction of sp³-hybridized carbons (Fsp3) is 0.647. The fourth-order valence-electron chi connectivity index (χ4n) is 3.86. The number of nitrogens with one attached hydrogen (secondary N) is 1. The number of aromatic nitrogens is 1. The van der Waals surface area contributed by atoms with E-state index < -0.39 is 0 Å². The van der Waals surface area contributed by atoms with Crippen molar-refractivity contribution in [1.29, 1.82) is 0 Å². The molecule has 1 atom stereocenters. The minimum atomic E-state index is -0.0115. The fourth-order valence-corrected chi connectivity index (χ4v) is 3.86. The van der Waals surface area contributed by atoms with Gasteiger partial charge in [0.15, 0.2) is 0 Å². The zero-order valence-corrected chi connectivity index (χ0v) is 13.9. The molecule has 1 aromatic heterocycles. The van der Waals surface area contributed by atoms with E-state index in [-0.39, 0.29) is 17.2 Å². The van der Waals surface area contributed by atoms with Crippen molar-refractivity contribution < 1.29 is 14.3 Å². The van der Waals surface area contributed by atoms with Crippen molar-refractivity contribution in [3.05, 3.63) is 23.9 Å². The van der Waals surface area contributed by atoms with E-state index in [1.54, 1.807) is 20.4 Å². The molecular formula is C17H25N3O3. The number of likely N-dealkylation sites (tertiary alicyclic amines) is 1. The summed E-state index contributed by atoms with van der Waals surface area (Å²) in [5.74, 6) is 0.833. The highest BCUT2D eigenvalue weighted by Gasteiger charge is 2.49. The van der Waals surface area contributed by atoms with E-state index in [0.717, 1.165) is 44.6 Å². The molecule has 6 heteroatoms. The van der Waals surface area contributed by atoms with Crippen LogP contribution in [-0.2, 0) is 16.1 Å². The normalized spacial score (nSPS) is 23.9. The number of methoxy groups -OCH3 is 2. The molecule has 0 saturated carbocycles. The maximum atomic E-state index is 12.1. The van der Waals surface area contributed by atoms with Crippen LogP contribution < -0.4 is 10.1 Å². The van der Waals surface area contributed by atoms with E-state index in [9.17, 15) is 4.79 Å². The standard InChI is InChI=1S/C17H25N3O3/c1-22-11-14-15(21)19-12-17(14)5-8-20(9-6-17)10-13-4-3-7-18-16(13)23-2/h3-4,7,14H,5-6,8-12H2,1-2H3,(H,19,21)/t14-/m1/s1. The summed E-state index contributed by atoms with van der Waals surface area (Å²) in [6.07, 6.45) is 3.78. The predicted octanol–water partition coefficient (Wildman–Crippen LogP) is 1.06. The molecule has 2 aliphatic heterocycles. The molecule has 0 radical (unpaired) electrons. The largest absolute Gasteiger partial charge is 0.481 e. The summed E-state index contributed by atoms with van der Waals surface area (Å²) in [5, 5.41) is 3.03. The summed E-state index contributed by atoms with van der Waals surface area (Å²) in [6, 6.07) is 4.00. The Bertz CT molecular complexity index is 556. The number of amides is 1. The Morgan fingerprint density at radius 2 is 2.17 bits per heavy atom. The van der Waals surface area contributed by atoms with Gasteiger partial charge >= 0.3 is 0 Å². The molecule has 126 valence electrons. The Hall–Kier alpha value is -1.66. The topological polar surface area (TPSA) is 63.7 Å². The Morgan fingerprint density at radius 1 is 1.39 bits per heavy atom. The number of pyridine rings is 1. The van der Waals surface area contributed by atoms with Gasteiger partial charge in [-0.15, -0.1) is 0 Å².